The van der Waals surface area contributed by atoms with Crippen LogP contribution >= 0.6 is 11.6 Å². The SMILES string of the molecule is CC1(c2ccccc2Cl)CC1NC(=O)c1cc2n(n1)CC1(CC1)C2. The topological polar surface area (TPSA) is 46.9 Å². The quantitative estimate of drug-likeness (QED) is 0.930. The molecule has 2 unspecified atom stereocenters. The largest absolute Gasteiger partial charge is 0.347 e. The maximum absolute atomic E-state index is 12.6. The first-order chi connectivity index (χ1) is 11.5. The zero-order valence-electron chi connectivity index (χ0n) is 13.7. The normalized spacial score (nSPS) is 28.7. The van der Waals surface area contributed by atoms with Gasteiger partial charge < -0.3 is 5.32 Å². The molecule has 4 nitrogen and oxygen atoms in total. The molecule has 1 spiro atoms. The molecule has 1 N–H and O–H groups in total. The zero-order valence-corrected chi connectivity index (χ0v) is 14.4. The molecule has 124 valence electrons. The molecule has 0 saturated heterocycles. The van der Waals surface area contributed by atoms with E-state index >= 15 is 0 Å². The molecular formula is C19H20ClN3O. The highest BCUT2D eigenvalue weighted by atomic mass is 35.5. The first-order valence-electron chi connectivity index (χ1n) is 8.62. The van der Waals surface area contributed by atoms with Crippen LogP contribution in [0.25, 0.3) is 0 Å². The van der Waals surface area contributed by atoms with Gasteiger partial charge in [0.25, 0.3) is 5.91 Å². The highest BCUT2D eigenvalue weighted by Crippen LogP contribution is 2.53. The summed E-state index contributed by atoms with van der Waals surface area (Å²) in [5.41, 5.74) is 3.28. The lowest BCUT2D eigenvalue weighted by Crippen LogP contribution is -2.30. The van der Waals surface area contributed by atoms with Gasteiger partial charge in [0.15, 0.2) is 0 Å². The molecule has 2 fully saturated rings. The van der Waals surface area contributed by atoms with Crippen LogP contribution < -0.4 is 5.32 Å². The molecule has 2 saturated carbocycles. The van der Waals surface area contributed by atoms with Gasteiger partial charge >= 0.3 is 0 Å². The summed E-state index contributed by atoms with van der Waals surface area (Å²) in [7, 11) is 0. The predicted molar refractivity (Wildman–Crippen MR) is 92.3 cm³/mol. The first-order valence-corrected chi connectivity index (χ1v) is 9.00. The van der Waals surface area contributed by atoms with Crippen LogP contribution in [0.2, 0.25) is 5.02 Å². The fraction of sp³-hybridized carbons (Fsp3) is 0.474. The van der Waals surface area contributed by atoms with E-state index in [0.29, 0.717) is 11.1 Å². The molecule has 1 aliphatic heterocycles. The van der Waals surface area contributed by atoms with E-state index in [1.165, 1.54) is 18.5 Å². The zero-order chi connectivity index (χ0) is 16.5. The van der Waals surface area contributed by atoms with Gasteiger partial charge in [-0.3, -0.25) is 9.48 Å². The Hall–Kier alpha value is -1.81. The molecule has 3 aliphatic rings. The summed E-state index contributed by atoms with van der Waals surface area (Å²) < 4.78 is 2.03. The van der Waals surface area contributed by atoms with Gasteiger partial charge in [0.2, 0.25) is 0 Å². The van der Waals surface area contributed by atoms with Crippen LogP contribution in [0.15, 0.2) is 30.3 Å². The second kappa shape index (κ2) is 4.63. The number of carbonyl (C=O) groups excluding carboxylic acids is 1. The summed E-state index contributed by atoms with van der Waals surface area (Å²) >= 11 is 6.32. The van der Waals surface area contributed by atoms with Crippen LogP contribution in [-0.4, -0.2) is 21.7 Å². The maximum Gasteiger partial charge on any atom is 0.272 e. The number of rotatable bonds is 3. The van der Waals surface area contributed by atoms with Gasteiger partial charge in [0.1, 0.15) is 5.69 Å². The van der Waals surface area contributed by atoms with Crippen LogP contribution in [0, 0.1) is 5.41 Å². The molecule has 1 aromatic carbocycles. The second-order valence-corrected chi connectivity index (χ2v) is 8.39. The Balaban J connectivity index is 1.30. The van der Waals surface area contributed by atoms with Crippen molar-refractivity contribution in [3.63, 3.8) is 0 Å². The summed E-state index contributed by atoms with van der Waals surface area (Å²) in [4.78, 5) is 12.6. The highest BCUT2D eigenvalue weighted by Gasteiger charge is 2.53. The van der Waals surface area contributed by atoms with Crippen molar-refractivity contribution < 1.29 is 4.79 Å². The van der Waals surface area contributed by atoms with E-state index in [9.17, 15) is 4.79 Å². The lowest BCUT2D eigenvalue weighted by molar-refractivity contribution is 0.0942. The van der Waals surface area contributed by atoms with Gasteiger partial charge in [-0.25, -0.2) is 0 Å². The Morgan fingerprint density at radius 3 is 2.88 bits per heavy atom. The van der Waals surface area contributed by atoms with Crippen LogP contribution in [0.3, 0.4) is 0 Å². The van der Waals surface area contributed by atoms with Gasteiger partial charge in [-0.05, 0) is 48.8 Å². The number of hydrogen-bond acceptors (Lipinski definition) is 2. The summed E-state index contributed by atoms with van der Waals surface area (Å²) in [5.74, 6) is -0.0671. The molecule has 1 aromatic heterocycles. The number of benzene rings is 1. The van der Waals surface area contributed by atoms with Crippen molar-refractivity contribution in [1.29, 1.82) is 0 Å². The van der Waals surface area contributed by atoms with Gasteiger partial charge in [0.05, 0.1) is 0 Å². The fourth-order valence-corrected chi connectivity index (χ4v) is 4.50. The number of carbonyl (C=O) groups is 1. The molecule has 0 radical (unpaired) electrons. The number of hydrogen-bond donors (Lipinski definition) is 1. The summed E-state index contributed by atoms with van der Waals surface area (Å²) in [6.07, 6.45) is 4.60. The van der Waals surface area contributed by atoms with Crippen molar-refractivity contribution in [1.82, 2.24) is 15.1 Å². The molecule has 5 heteroatoms. The Morgan fingerprint density at radius 1 is 1.38 bits per heavy atom. The van der Waals surface area contributed by atoms with Crippen LogP contribution in [0.1, 0.15) is 47.9 Å². The van der Waals surface area contributed by atoms with E-state index in [4.69, 9.17) is 11.6 Å². The van der Waals surface area contributed by atoms with Crippen LogP contribution in [0.4, 0.5) is 0 Å². The van der Waals surface area contributed by atoms with E-state index in [0.717, 1.165) is 30.0 Å². The van der Waals surface area contributed by atoms with Crippen LogP contribution in [-0.2, 0) is 18.4 Å². The van der Waals surface area contributed by atoms with E-state index in [1.54, 1.807) is 0 Å². The average molecular weight is 342 g/mol. The molecule has 0 bridgehead atoms. The van der Waals surface area contributed by atoms with Gasteiger partial charge in [-0.1, -0.05) is 36.7 Å². The van der Waals surface area contributed by atoms with Crippen molar-refractivity contribution in [3.05, 3.63) is 52.3 Å². The number of nitrogens with one attached hydrogen (secondary N) is 1. The summed E-state index contributed by atoms with van der Waals surface area (Å²) in [5, 5.41) is 8.43. The van der Waals surface area contributed by atoms with Gasteiger partial charge in [-0.2, -0.15) is 5.10 Å². The molecule has 2 atom stereocenters. The molecule has 2 aromatic rings. The second-order valence-electron chi connectivity index (χ2n) is 7.98. The van der Waals surface area contributed by atoms with E-state index in [2.05, 4.69) is 23.4 Å². The minimum Gasteiger partial charge on any atom is -0.347 e. The molecule has 5 rings (SSSR count). The Kier molecular flexibility index (Phi) is 2.80. The highest BCUT2D eigenvalue weighted by molar-refractivity contribution is 6.31. The van der Waals surface area contributed by atoms with Crippen molar-refractivity contribution >= 4 is 17.5 Å². The summed E-state index contributed by atoms with van der Waals surface area (Å²) in [6, 6.07) is 9.98. The van der Waals surface area contributed by atoms with Crippen molar-refractivity contribution in [3.8, 4) is 0 Å². The third-order valence-electron chi connectivity index (χ3n) is 6.13. The van der Waals surface area contributed by atoms with Crippen molar-refractivity contribution in [2.75, 3.05) is 0 Å². The third kappa shape index (κ3) is 2.12. The number of nitrogens with zero attached hydrogens (tertiary/aromatic N) is 2. The van der Waals surface area contributed by atoms with E-state index in [-0.39, 0.29) is 17.4 Å². The Morgan fingerprint density at radius 2 is 2.17 bits per heavy atom. The Labute approximate surface area is 146 Å². The Bertz CT molecular complexity index is 829. The lowest BCUT2D eigenvalue weighted by atomic mass is 9.97. The van der Waals surface area contributed by atoms with Gasteiger partial charge in [0, 0.05) is 28.7 Å². The van der Waals surface area contributed by atoms with Crippen molar-refractivity contribution in [2.24, 2.45) is 5.41 Å². The smallest absolute Gasteiger partial charge is 0.272 e. The van der Waals surface area contributed by atoms with Gasteiger partial charge in [-0.15, -0.1) is 0 Å². The standard InChI is InChI=1S/C19H20ClN3O/c1-18(13-4-2-3-5-14(13)20)10-16(18)21-17(24)15-8-12-9-19(6-7-19)11-23(12)22-15/h2-5,8,16H,6-7,9-11H2,1H3,(H,21,24). The van der Waals surface area contributed by atoms with E-state index in [1.807, 2.05) is 28.9 Å². The van der Waals surface area contributed by atoms with Crippen LogP contribution in [0.5, 0.6) is 0 Å². The third-order valence-corrected chi connectivity index (χ3v) is 6.46. The number of amides is 1. The fourth-order valence-electron chi connectivity index (χ4n) is 4.14. The minimum atomic E-state index is -0.0749. The molecular weight excluding hydrogens is 322 g/mol. The van der Waals surface area contributed by atoms with Crippen molar-refractivity contribution in [2.45, 2.75) is 50.6 Å². The molecule has 2 heterocycles. The first kappa shape index (κ1) is 14.5. The number of halogens is 1. The lowest BCUT2D eigenvalue weighted by Gasteiger charge is -2.14. The minimum absolute atomic E-state index is 0.0671. The number of aromatic nitrogens is 2. The molecule has 2 aliphatic carbocycles. The van der Waals surface area contributed by atoms with E-state index < -0.39 is 0 Å². The monoisotopic (exact) mass is 341 g/mol. The average Bonchev–Trinajstić information content (AvgIpc) is 3.32. The maximum atomic E-state index is 12.6. The number of fused-ring (bicyclic) bond motifs is 1. The molecule has 24 heavy (non-hydrogen) atoms. The molecule has 1 amide bonds. The predicted octanol–water partition coefficient (Wildman–Crippen LogP) is 3.33. The summed E-state index contributed by atoms with van der Waals surface area (Å²) in [6.45, 7) is 3.14.